The van der Waals surface area contributed by atoms with Crippen LogP contribution in [0.3, 0.4) is 0 Å². The maximum atomic E-state index is 12.5. The molecule has 0 spiro atoms. The van der Waals surface area contributed by atoms with Crippen molar-refractivity contribution in [3.8, 4) is 0 Å². The van der Waals surface area contributed by atoms with Gasteiger partial charge in [-0.2, -0.15) is 8.78 Å². The number of rotatable bonds is 4. The number of ether oxygens (including phenoxy) is 1. The molecule has 4 nitrogen and oxygen atoms in total. The molecule has 1 fully saturated rings. The number of para-hydroxylation sites is 1. The van der Waals surface area contributed by atoms with Gasteiger partial charge in [-0.3, -0.25) is 0 Å². The maximum absolute atomic E-state index is 12.5. The lowest BCUT2D eigenvalue weighted by Crippen LogP contribution is -2.40. The zero-order valence-electron chi connectivity index (χ0n) is 8.77. The van der Waals surface area contributed by atoms with Crippen LogP contribution in [0.25, 0.3) is 0 Å². The molecule has 1 aliphatic heterocycles. The first-order valence-corrected chi connectivity index (χ1v) is 6.52. The van der Waals surface area contributed by atoms with Crippen molar-refractivity contribution in [3.63, 3.8) is 0 Å². The van der Waals surface area contributed by atoms with E-state index in [1.54, 1.807) is 6.07 Å². The summed E-state index contributed by atoms with van der Waals surface area (Å²) < 4.78 is 52.7. The Balaban J connectivity index is 2.33. The highest BCUT2D eigenvalue weighted by molar-refractivity contribution is 7.91. The highest BCUT2D eigenvalue weighted by atomic mass is 32.2. The van der Waals surface area contributed by atoms with E-state index in [1.807, 2.05) is 0 Å². The van der Waals surface area contributed by atoms with Crippen molar-refractivity contribution in [2.45, 2.75) is 16.7 Å². The summed E-state index contributed by atoms with van der Waals surface area (Å²) in [7, 11) is -4.57. The van der Waals surface area contributed by atoms with Gasteiger partial charge in [0.25, 0.3) is 0 Å². The fourth-order valence-electron chi connectivity index (χ4n) is 1.47. The molecule has 7 heteroatoms. The Morgan fingerprint density at radius 2 is 1.94 bits per heavy atom. The highest BCUT2D eigenvalue weighted by Crippen LogP contribution is 2.27. The number of hydrogen-bond donors (Lipinski definition) is 1. The van der Waals surface area contributed by atoms with Crippen LogP contribution in [0.15, 0.2) is 29.2 Å². The molecular formula is C10H11F2NO3S. The molecule has 1 N–H and O–H groups in total. The third-order valence-electron chi connectivity index (χ3n) is 2.43. The van der Waals surface area contributed by atoms with Crippen molar-refractivity contribution < 1.29 is 21.9 Å². The van der Waals surface area contributed by atoms with Gasteiger partial charge in [0.2, 0.25) is 9.84 Å². The molecule has 0 saturated carbocycles. The fraction of sp³-hybridized carbons (Fsp3) is 0.400. The molecule has 0 aliphatic carbocycles. The van der Waals surface area contributed by atoms with Gasteiger partial charge in [-0.1, -0.05) is 12.1 Å². The van der Waals surface area contributed by atoms with Crippen molar-refractivity contribution in [2.24, 2.45) is 0 Å². The fourth-order valence-corrected chi connectivity index (χ4v) is 2.36. The smallest absolute Gasteiger partial charge is 0.341 e. The molecule has 0 radical (unpaired) electrons. The number of nitrogens with one attached hydrogen (secondary N) is 1. The lowest BCUT2D eigenvalue weighted by atomic mass is 10.2. The van der Waals surface area contributed by atoms with Gasteiger partial charge in [-0.05, 0) is 12.1 Å². The van der Waals surface area contributed by atoms with Crippen LogP contribution in [0.5, 0.6) is 0 Å². The molecular weight excluding hydrogens is 252 g/mol. The van der Waals surface area contributed by atoms with Crippen LogP contribution in [0.1, 0.15) is 0 Å². The Kier molecular flexibility index (Phi) is 3.30. The average Bonchev–Trinajstić information content (AvgIpc) is 2.23. The van der Waals surface area contributed by atoms with Gasteiger partial charge < -0.3 is 10.1 Å². The molecule has 1 aromatic rings. The van der Waals surface area contributed by atoms with E-state index in [4.69, 9.17) is 4.74 Å². The second-order valence-electron chi connectivity index (χ2n) is 3.68. The number of halogens is 2. The van der Waals surface area contributed by atoms with Gasteiger partial charge in [0.15, 0.2) is 0 Å². The van der Waals surface area contributed by atoms with Gasteiger partial charge >= 0.3 is 5.76 Å². The number of benzene rings is 1. The summed E-state index contributed by atoms with van der Waals surface area (Å²) in [5.41, 5.74) is 0.195. The second-order valence-corrected chi connectivity index (χ2v) is 5.57. The highest BCUT2D eigenvalue weighted by Gasteiger charge is 2.30. The van der Waals surface area contributed by atoms with Crippen LogP contribution in [0.2, 0.25) is 0 Å². The lowest BCUT2D eigenvalue weighted by Gasteiger charge is -2.28. The summed E-state index contributed by atoms with van der Waals surface area (Å²) in [5, 5.41) is 2.87. The minimum Gasteiger partial charge on any atom is -0.377 e. The SMILES string of the molecule is O=S(=O)(c1ccccc1NC1COC1)C(F)F. The van der Waals surface area contributed by atoms with E-state index in [0.29, 0.717) is 13.2 Å². The summed E-state index contributed by atoms with van der Waals surface area (Å²) in [5.74, 6) is -3.41. The molecule has 17 heavy (non-hydrogen) atoms. The van der Waals surface area contributed by atoms with Gasteiger partial charge in [0.05, 0.1) is 29.8 Å². The van der Waals surface area contributed by atoms with E-state index in [2.05, 4.69) is 5.32 Å². The number of anilines is 1. The first-order chi connectivity index (χ1) is 8.01. The Morgan fingerprint density at radius 1 is 1.29 bits per heavy atom. The van der Waals surface area contributed by atoms with E-state index in [0.717, 1.165) is 0 Å². The standard InChI is InChI=1S/C10H11F2NO3S/c11-10(12)17(14,15)9-4-2-1-3-8(9)13-7-5-16-6-7/h1-4,7,10,13H,5-6H2. The Bertz CT molecular complexity index is 500. The van der Waals surface area contributed by atoms with Crippen LogP contribution in [-0.2, 0) is 14.6 Å². The zero-order valence-corrected chi connectivity index (χ0v) is 9.58. The zero-order chi connectivity index (χ0) is 12.5. The minimum absolute atomic E-state index is 0.0241. The molecule has 0 amide bonds. The van der Waals surface area contributed by atoms with Crippen LogP contribution in [0.4, 0.5) is 14.5 Å². The molecule has 1 aromatic carbocycles. The molecule has 0 aromatic heterocycles. The van der Waals surface area contributed by atoms with Crippen molar-refractivity contribution in [1.82, 2.24) is 0 Å². The molecule has 2 rings (SSSR count). The first kappa shape index (κ1) is 12.3. The molecule has 0 atom stereocenters. The second kappa shape index (κ2) is 4.58. The molecule has 94 valence electrons. The molecule has 0 bridgehead atoms. The predicted molar refractivity (Wildman–Crippen MR) is 57.9 cm³/mol. The minimum atomic E-state index is -4.57. The first-order valence-electron chi connectivity index (χ1n) is 4.97. The van der Waals surface area contributed by atoms with Crippen molar-refractivity contribution in [2.75, 3.05) is 18.5 Å². The van der Waals surface area contributed by atoms with Crippen LogP contribution >= 0.6 is 0 Å². The van der Waals surface area contributed by atoms with E-state index in [9.17, 15) is 17.2 Å². The van der Waals surface area contributed by atoms with Crippen LogP contribution in [-0.4, -0.2) is 33.4 Å². The summed E-state index contributed by atoms with van der Waals surface area (Å²) in [6.07, 6.45) is 0. The van der Waals surface area contributed by atoms with E-state index in [1.165, 1.54) is 18.2 Å². The third kappa shape index (κ3) is 2.39. The van der Waals surface area contributed by atoms with E-state index < -0.39 is 15.6 Å². The summed E-state index contributed by atoms with van der Waals surface area (Å²) in [6.45, 7) is 0.895. The number of hydrogen-bond acceptors (Lipinski definition) is 4. The van der Waals surface area contributed by atoms with E-state index in [-0.39, 0.29) is 16.6 Å². The Morgan fingerprint density at radius 3 is 2.47 bits per heavy atom. The van der Waals surface area contributed by atoms with Crippen molar-refractivity contribution in [3.05, 3.63) is 24.3 Å². The number of sulfone groups is 1. The van der Waals surface area contributed by atoms with Crippen LogP contribution in [0, 0.1) is 0 Å². The summed E-state index contributed by atoms with van der Waals surface area (Å²) in [6, 6.07) is 5.62. The largest absolute Gasteiger partial charge is 0.377 e. The third-order valence-corrected chi connectivity index (χ3v) is 3.86. The molecule has 1 aliphatic rings. The predicted octanol–water partition coefficient (Wildman–Crippen LogP) is 1.49. The Labute approximate surface area is 97.5 Å². The molecule has 1 heterocycles. The maximum Gasteiger partial charge on any atom is 0.341 e. The van der Waals surface area contributed by atoms with Gasteiger partial charge in [-0.15, -0.1) is 0 Å². The quantitative estimate of drug-likeness (QED) is 0.894. The van der Waals surface area contributed by atoms with E-state index >= 15 is 0 Å². The number of alkyl halides is 2. The van der Waals surface area contributed by atoms with Crippen LogP contribution < -0.4 is 5.32 Å². The van der Waals surface area contributed by atoms with Crippen molar-refractivity contribution >= 4 is 15.5 Å². The topological polar surface area (TPSA) is 55.4 Å². The van der Waals surface area contributed by atoms with Gasteiger partial charge in [0.1, 0.15) is 0 Å². The Hall–Kier alpha value is -1.21. The average molecular weight is 263 g/mol. The van der Waals surface area contributed by atoms with Gasteiger partial charge in [0, 0.05) is 0 Å². The lowest BCUT2D eigenvalue weighted by molar-refractivity contribution is 0.0210. The summed E-state index contributed by atoms with van der Waals surface area (Å²) in [4.78, 5) is -0.373. The summed E-state index contributed by atoms with van der Waals surface area (Å²) >= 11 is 0. The van der Waals surface area contributed by atoms with Crippen molar-refractivity contribution in [1.29, 1.82) is 0 Å². The molecule has 1 saturated heterocycles. The van der Waals surface area contributed by atoms with Gasteiger partial charge in [-0.25, -0.2) is 8.42 Å². The molecule has 0 unspecified atom stereocenters. The normalized spacial score (nSPS) is 16.9. The monoisotopic (exact) mass is 263 g/mol.